The van der Waals surface area contributed by atoms with E-state index in [-0.39, 0.29) is 30.5 Å². The van der Waals surface area contributed by atoms with Crippen molar-refractivity contribution in [1.29, 1.82) is 0 Å². The number of amides is 1. The minimum atomic E-state index is -1.07. The van der Waals surface area contributed by atoms with E-state index in [9.17, 15) is 19.2 Å². The summed E-state index contributed by atoms with van der Waals surface area (Å²) < 4.78 is 5.27. The summed E-state index contributed by atoms with van der Waals surface area (Å²) in [5.74, 6) is 3.84. The van der Waals surface area contributed by atoms with Crippen LogP contribution >= 0.6 is 11.3 Å². The number of H-pyrrole nitrogens is 2. The number of anilines is 1. The third-order valence-electron chi connectivity index (χ3n) is 5.26. The molecule has 3 aromatic heterocycles. The van der Waals surface area contributed by atoms with Crippen LogP contribution in [-0.4, -0.2) is 50.1 Å². The maximum Gasteiger partial charge on any atom is 0.328 e. The number of nitrogen functional groups attached to an aromatic ring is 1. The zero-order valence-electron chi connectivity index (χ0n) is 19.8. The molecule has 0 saturated heterocycles. The minimum Gasteiger partial charge on any atom is -0.481 e. The quantitative estimate of drug-likeness (QED) is 0.202. The molecule has 1 amide bonds. The lowest BCUT2D eigenvalue weighted by atomic mass is 10.1. The van der Waals surface area contributed by atoms with Crippen molar-refractivity contribution in [2.24, 2.45) is 0 Å². The normalized spacial score (nSPS) is 12.4. The van der Waals surface area contributed by atoms with Gasteiger partial charge >= 0.3 is 11.9 Å². The molecule has 3 aromatic rings. The fraction of sp³-hybridized carbons (Fsp3) is 0.375. The van der Waals surface area contributed by atoms with Crippen molar-refractivity contribution >= 4 is 46.2 Å². The Bertz CT molecular complexity index is 1380. The van der Waals surface area contributed by atoms with Gasteiger partial charge in [-0.25, -0.2) is 4.79 Å². The fourth-order valence-electron chi connectivity index (χ4n) is 3.21. The van der Waals surface area contributed by atoms with Gasteiger partial charge in [0.2, 0.25) is 5.95 Å². The van der Waals surface area contributed by atoms with Crippen LogP contribution in [0.2, 0.25) is 0 Å². The first kappa shape index (κ1) is 26.5. The number of esters is 1. The second-order valence-electron chi connectivity index (χ2n) is 8.09. The summed E-state index contributed by atoms with van der Waals surface area (Å²) in [6.07, 6.45) is 0.961. The van der Waals surface area contributed by atoms with Crippen molar-refractivity contribution in [3.05, 3.63) is 44.0 Å². The number of fused-ring (bicyclic) bond motifs is 1. The highest BCUT2D eigenvalue weighted by molar-refractivity contribution is 7.14. The van der Waals surface area contributed by atoms with E-state index in [1.165, 1.54) is 0 Å². The van der Waals surface area contributed by atoms with Crippen LogP contribution in [0.3, 0.4) is 0 Å². The number of thiophene rings is 1. The summed E-state index contributed by atoms with van der Waals surface area (Å²) in [7, 11) is 0. The van der Waals surface area contributed by atoms with E-state index >= 15 is 0 Å². The van der Waals surface area contributed by atoms with E-state index in [0.717, 1.165) is 17.0 Å². The standard InChI is InChI=1S/C24H27N5O6S/c1-3-13(2)35-23(34)17(9-11-19(30)31)27-22(33)18-10-8-15(36-18)7-5-4-6-14-12-16-20(26-14)28-24(25)29-21(16)32/h8,10,12-13,17H,3-4,6,9,11H2,1-2H3,(H,27,33)(H,30,31)(H4,25,26,28,29,32). The molecule has 0 aliphatic carbocycles. The maximum absolute atomic E-state index is 12.7. The van der Waals surface area contributed by atoms with E-state index in [0.29, 0.717) is 40.1 Å². The molecule has 3 heterocycles. The number of nitrogens with two attached hydrogens (primary N) is 1. The Labute approximate surface area is 210 Å². The molecule has 0 fully saturated rings. The predicted molar refractivity (Wildman–Crippen MR) is 135 cm³/mol. The number of nitrogens with zero attached hydrogens (tertiary/aromatic N) is 1. The van der Waals surface area contributed by atoms with Crippen molar-refractivity contribution in [1.82, 2.24) is 20.3 Å². The number of rotatable bonds is 10. The Morgan fingerprint density at radius 3 is 2.81 bits per heavy atom. The molecule has 0 bridgehead atoms. The van der Waals surface area contributed by atoms with Gasteiger partial charge in [0, 0.05) is 18.5 Å². The second kappa shape index (κ2) is 12.0. The highest BCUT2D eigenvalue weighted by atomic mass is 32.1. The lowest BCUT2D eigenvalue weighted by molar-refractivity contribution is -0.151. The number of carboxylic acid groups (broad SMARTS) is 1. The van der Waals surface area contributed by atoms with Crippen molar-refractivity contribution in [3.63, 3.8) is 0 Å². The molecule has 11 nitrogen and oxygen atoms in total. The predicted octanol–water partition coefficient (Wildman–Crippen LogP) is 2.18. The Balaban J connectivity index is 1.59. The minimum absolute atomic E-state index is 0.0406. The number of hydrogen-bond acceptors (Lipinski definition) is 8. The number of aryl methyl sites for hydroxylation is 1. The molecule has 0 spiro atoms. The third kappa shape index (κ3) is 7.19. The van der Waals surface area contributed by atoms with E-state index in [1.807, 2.05) is 6.92 Å². The molecule has 6 N–H and O–H groups in total. The Morgan fingerprint density at radius 1 is 1.31 bits per heavy atom. The molecule has 12 heteroatoms. The Hall–Kier alpha value is -4.11. The molecule has 0 aliphatic heterocycles. The van der Waals surface area contributed by atoms with Gasteiger partial charge in [-0.2, -0.15) is 4.98 Å². The monoisotopic (exact) mass is 513 g/mol. The average molecular weight is 514 g/mol. The average Bonchev–Trinajstić information content (AvgIpc) is 3.46. The van der Waals surface area contributed by atoms with Crippen LogP contribution in [0.5, 0.6) is 0 Å². The molecule has 190 valence electrons. The molecule has 0 aromatic carbocycles. The van der Waals surface area contributed by atoms with Crippen LogP contribution in [0.4, 0.5) is 5.95 Å². The molecule has 3 rings (SSSR count). The summed E-state index contributed by atoms with van der Waals surface area (Å²) in [6, 6.07) is 3.94. The number of carboxylic acids is 1. The molecule has 0 radical (unpaired) electrons. The summed E-state index contributed by atoms with van der Waals surface area (Å²) in [6.45, 7) is 3.58. The molecule has 2 unspecified atom stereocenters. The molecule has 0 saturated carbocycles. The van der Waals surface area contributed by atoms with Gasteiger partial charge in [-0.15, -0.1) is 11.3 Å². The topological polar surface area (TPSA) is 180 Å². The van der Waals surface area contributed by atoms with Crippen molar-refractivity contribution in [2.45, 2.75) is 58.1 Å². The van der Waals surface area contributed by atoms with Crippen LogP contribution in [0.25, 0.3) is 11.0 Å². The van der Waals surface area contributed by atoms with Crippen molar-refractivity contribution in [2.75, 3.05) is 5.73 Å². The van der Waals surface area contributed by atoms with E-state index in [2.05, 4.69) is 32.1 Å². The second-order valence-corrected chi connectivity index (χ2v) is 9.17. The van der Waals surface area contributed by atoms with Crippen LogP contribution in [0.1, 0.15) is 59.8 Å². The number of aliphatic carboxylic acids is 1. The van der Waals surface area contributed by atoms with Crippen LogP contribution in [-0.2, 0) is 20.7 Å². The molecular formula is C24H27N5O6S. The number of nitrogens with one attached hydrogen (secondary N) is 3. The zero-order valence-corrected chi connectivity index (χ0v) is 20.7. The summed E-state index contributed by atoms with van der Waals surface area (Å²) >= 11 is 1.16. The molecule has 2 atom stereocenters. The third-order valence-corrected chi connectivity index (χ3v) is 6.26. The molecule has 0 aliphatic rings. The van der Waals surface area contributed by atoms with Gasteiger partial charge in [0.25, 0.3) is 11.5 Å². The first-order chi connectivity index (χ1) is 17.2. The van der Waals surface area contributed by atoms with E-state index in [1.54, 1.807) is 25.1 Å². The molecular weight excluding hydrogens is 486 g/mol. The highest BCUT2D eigenvalue weighted by Gasteiger charge is 2.25. The maximum atomic E-state index is 12.7. The number of carbonyl (C=O) groups is 3. The van der Waals surface area contributed by atoms with Gasteiger partial charge in [-0.3, -0.25) is 19.4 Å². The number of ether oxygens (including phenoxy) is 1. The van der Waals surface area contributed by atoms with Crippen LogP contribution < -0.4 is 16.6 Å². The van der Waals surface area contributed by atoms with Gasteiger partial charge in [-0.05, 0) is 44.4 Å². The van der Waals surface area contributed by atoms with E-state index < -0.39 is 23.9 Å². The molecule has 36 heavy (non-hydrogen) atoms. The highest BCUT2D eigenvalue weighted by Crippen LogP contribution is 2.17. The smallest absolute Gasteiger partial charge is 0.328 e. The number of hydrogen-bond donors (Lipinski definition) is 5. The van der Waals surface area contributed by atoms with Gasteiger partial charge in [0.05, 0.1) is 21.2 Å². The summed E-state index contributed by atoms with van der Waals surface area (Å²) in [5, 5.41) is 12.0. The van der Waals surface area contributed by atoms with Crippen LogP contribution in [0, 0.1) is 11.8 Å². The summed E-state index contributed by atoms with van der Waals surface area (Å²) in [5.41, 5.74) is 6.46. The van der Waals surface area contributed by atoms with E-state index in [4.69, 9.17) is 15.6 Å². The number of aromatic amines is 2. The number of carbonyl (C=O) groups excluding carboxylic acids is 2. The van der Waals surface area contributed by atoms with Gasteiger partial charge in [0.15, 0.2) is 0 Å². The lowest BCUT2D eigenvalue weighted by Crippen LogP contribution is -2.42. The zero-order chi connectivity index (χ0) is 26.2. The Kier molecular flexibility index (Phi) is 8.86. The summed E-state index contributed by atoms with van der Waals surface area (Å²) in [4.78, 5) is 58.5. The number of aromatic nitrogens is 3. The van der Waals surface area contributed by atoms with Gasteiger partial charge in [-0.1, -0.05) is 18.8 Å². The Morgan fingerprint density at radius 2 is 2.08 bits per heavy atom. The first-order valence-corrected chi connectivity index (χ1v) is 12.2. The van der Waals surface area contributed by atoms with Crippen molar-refractivity contribution < 1.29 is 24.2 Å². The van der Waals surface area contributed by atoms with Crippen LogP contribution in [0.15, 0.2) is 23.0 Å². The largest absolute Gasteiger partial charge is 0.481 e. The SMILES string of the molecule is CCC(C)OC(=O)C(CCC(=O)O)NC(=O)c1ccc(C#CCCc2cc3c(=O)[nH]c(N)nc3[nH]2)s1. The van der Waals surface area contributed by atoms with Crippen molar-refractivity contribution in [3.8, 4) is 11.8 Å². The van der Waals surface area contributed by atoms with Gasteiger partial charge < -0.3 is 25.9 Å². The lowest BCUT2D eigenvalue weighted by Gasteiger charge is -2.19. The fourth-order valence-corrected chi connectivity index (χ4v) is 3.99. The first-order valence-electron chi connectivity index (χ1n) is 11.4. The van der Waals surface area contributed by atoms with Gasteiger partial charge in [0.1, 0.15) is 11.7 Å².